The molecule has 5 nitrogen and oxygen atoms in total. The fraction of sp³-hybridized carbons (Fsp3) is 0.250. The van der Waals surface area contributed by atoms with Gasteiger partial charge in [0.2, 0.25) is 0 Å². The Labute approximate surface area is 122 Å². The van der Waals surface area contributed by atoms with Crippen LogP contribution in [0.5, 0.6) is 5.75 Å². The van der Waals surface area contributed by atoms with E-state index in [1.807, 2.05) is 30.3 Å². The number of hydrogen-bond acceptors (Lipinski definition) is 4. The molecule has 0 aromatic heterocycles. The number of para-hydroxylation sites is 2. The number of nitro groups is 1. The molecule has 0 aliphatic carbocycles. The molecule has 3 rings (SSSR count). The summed E-state index contributed by atoms with van der Waals surface area (Å²) < 4.78 is 5.63. The molecule has 0 unspecified atom stereocenters. The van der Waals surface area contributed by atoms with Crippen molar-refractivity contribution in [2.24, 2.45) is 0 Å². The summed E-state index contributed by atoms with van der Waals surface area (Å²) in [6.45, 7) is 2.43. The zero-order valence-corrected chi connectivity index (χ0v) is 11.6. The smallest absolute Gasteiger partial charge is 0.269 e. The Hall–Kier alpha value is -2.56. The van der Waals surface area contributed by atoms with E-state index in [0.29, 0.717) is 6.61 Å². The van der Waals surface area contributed by atoms with Crippen molar-refractivity contribution >= 4 is 11.4 Å². The number of benzene rings is 2. The van der Waals surface area contributed by atoms with Gasteiger partial charge in [-0.3, -0.25) is 10.1 Å². The molecule has 1 aliphatic heterocycles. The Morgan fingerprint density at radius 1 is 1.14 bits per heavy atom. The SMILES string of the molecule is O=[N+]([O-])c1ccc(CCN2CCOc3ccccc32)cc1. The Balaban J connectivity index is 1.67. The van der Waals surface area contributed by atoms with Gasteiger partial charge in [0.25, 0.3) is 5.69 Å². The van der Waals surface area contributed by atoms with Crippen LogP contribution in [0.25, 0.3) is 0 Å². The van der Waals surface area contributed by atoms with Gasteiger partial charge in [-0.2, -0.15) is 0 Å². The molecule has 0 N–H and O–H groups in total. The van der Waals surface area contributed by atoms with Crippen LogP contribution in [0.3, 0.4) is 0 Å². The van der Waals surface area contributed by atoms with Crippen molar-refractivity contribution in [2.45, 2.75) is 6.42 Å². The minimum absolute atomic E-state index is 0.135. The first-order chi connectivity index (χ1) is 10.2. The predicted molar refractivity (Wildman–Crippen MR) is 81.0 cm³/mol. The maximum Gasteiger partial charge on any atom is 0.269 e. The quantitative estimate of drug-likeness (QED) is 0.639. The van der Waals surface area contributed by atoms with Gasteiger partial charge >= 0.3 is 0 Å². The first kappa shape index (κ1) is 13.4. The number of fused-ring (bicyclic) bond motifs is 1. The first-order valence-electron chi connectivity index (χ1n) is 6.94. The van der Waals surface area contributed by atoms with Crippen molar-refractivity contribution in [2.75, 3.05) is 24.6 Å². The fourth-order valence-corrected chi connectivity index (χ4v) is 2.51. The summed E-state index contributed by atoms with van der Waals surface area (Å²) in [5.74, 6) is 0.924. The highest BCUT2D eigenvalue weighted by molar-refractivity contribution is 5.59. The Morgan fingerprint density at radius 2 is 1.90 bits per heavy atom. The topological polar surface area (TPSA) is 55.6 Å². The molecule has 2 aromatic rings. The van der Waals surface area contributed by atoms with Crippen LogP contribution < -0.4 is 9.64 Å². The van der Waals surface area contributed by atoms with Crippen LogP contribution in [0.1, 0.15) is 5.56 Å². The third-order valence-corrected chi connectivity index (χ3v) is 3.64. The second-order valence-electron chi connectivity index (χ2n) is 4.98. The van der Waals surface area contributed by atoms with E-state index < -0.39 is 0 Å². The minimum atomic E-state index is -0.373. The van der Waals surface area contributed by atoms with Crippen molar-refractivity contribution in [1.29, 1.82) is 0 Å². The number of ether oxygens (including phenoxy) is 1. The second-order valence-corrected chi connectivity index (χ2v) is 4.98. The maximum absolute atomic E-state index is 10.6. The highest BCUT2D eigenvalue weighted by atomic mass is 16.6. The van der Waals surface area contributed by atoms with E-state index >= 15 is 0 Å². The van der Waals surface area contributed by atoms with Crippen LogP contribution in [0.4, 0.5) is 11.4 Å². The molecule has 0 radical (unpaired) electrons. The largest absolute Gasteiger partial charge is 0.490 e. The molecule has 0 amide bonds. The summed E-state index contributed by atoms with van der Waals surface area (Å²) in [4.78, 5) is 12.6. The Bertz CT molecular complexity index is 640. The summed E-state index contributed by atoms with van der Waals surface area (Å²) in [6.07, 6.45) is 0.854. The highest BCUT2D eigenvalue weighted by Gasteiger charge is 2.16. The molecule has 0 spiro atoms. The van der Waals surface area contributed by atoms with Crippen molar-refractivity contribution in [3.05, 3.63) is 64.2 Å². The average Bonchev–Trinajstić information content (AvgIpc) is 2.53. The molecular formula is C16H16N2O3. The second kappa shape index (κ2) is 5.83. The van der Waals surface area contributed by atoms with E-state index in [4.69, 9.17) is 4.74 Å². The lowest BCUT2D eigenvalue weighted by Gasteiger charge is -2.31. The maximum atomic E-state index is 10.6. The predicted octanol–water partition coefficient (Wildman–Crippen LogP) is 3.04. The third kappa shape index (κ3) is 2.97. The number of rotatable bonds is 4. The van der Waals surface area contributed by atoms with E-state index in [9.17, 15) is 10.1 Å². The van der Waals surface area contributed by atoms with Crippen LogP contribution in [0.15, 0.2) is 48.5 Å². The molecule has 2 aromatic carbocycles. The molecule has 0 atom stereocenters. The van der Waals surface area contributed by atoms with Gasteiger partial charge in [-0.15, -0.1) is 0 Å². The molecular weight excluding hydrogens is 268 g/mol. The van der Waals surface area contributed by atoms with Gasteiger partial charge in [0.15, 0.2) is 0 Å². The first-order valence-corrected chi connectivity index (χ1v) is 6.94. The molecule has 0 saturated carbocycles. The molecule has 5 heteroatoms. The van der Waals surface area contributed by atoms with Crippen molar-refractivity contribution < 1.29 is 9.66 Å². The summed E-state index contributed by atoms with van der Waals surface area (Å²) in [7, 11) is 0. The number of anilines is 1. The zero-order chi connectivity index (χ0) is 14.7. The molecule has 0 fully saturated rings. The molecule has 108 valence electrons. The molecule has 21 heavy (non-hydrogen) atoms. The van der Waals surface area contributed by atoms with E-state index in [1.54, 1.807) is 12.1 Å². The van der Waals surface area contributed by atoms with Gasteiger partial charge in [0.05, 0.1) is 17.2 Å². The number of non-ortho nitro benzene ring substituents is 1. The van der Waals surface area contributed by atoms with Gasteiger partial charge < -0.3 is 9.64 Å². The summed E-state index contributed by atoms with van der Waals surface area (Å²) in [5.41, 5.74) is 2.35. The van der Waals surface area contributed by atoms with Crippen LogP contribution >= 0.6 is 0 Å². The molecule has 0 saturated heterocycles. The molecule has 0 bridgehead atoms. The van der Waals surface area contributed by atoms with Crippen molar-refractivity contribution in [3.63, 3.8) is 0 Å². The average molecular weight is 284 g/mol. The van der Waals surface area contributed by atoms with Crippen LogP contribution in [0, 0.1) is 10.1 Å². The third-order valence-electron chi connectivity index (χ3n) is 3.64. The lowest BCUT2D eigenvalue weighted by atomic mass is 10.1. The van der Waals surface area contributed by atoms with Crippen molar-refractivity contribution in [3.8, 4) is 5.75 Å². The van der Waals surface area contributed by atoms with Gasteiger partial charge in [0.1, 0.15) is 12.4 Å². The van der Waals surface area contributed by atoms with Gasteiger partial charge in [0, 0.05) is 18.7 Å². The van der Waals surface area contributed by atoms with E-state index in [0.717, 1.165) is 36.5 Å². The zero-order valence-electron chi connectivity index (χ0n) is 11.6. The van der Waals surface area contributed by atoms with E-state index in [-0.39, 0.29) is 10.6 Å². The highest BCUT2D eigenvalue weighted by Crippen LogP contribution is 2.30. The summed E-state index contributed by atoms with van der Waals surface area (Å²) in [5, 5.41) is 10.6. The van der Waals surface area contributed by atoms with Crippen LogP contribution in [0.2, 0.25) is 0 Å². The van der Waals surface area contributed by atoms with Crippen LogP contribution in [-0.2, 0) is 6.42 Å². The number of nitrogens with zero attached hydrogens (tertiary/aromatic N) is 2. The number of hydrogen-bond donors (Lipinski definition) is 0. The lowest BCUT2D eigenvalue weighted by molar-refractivity contribution is -0.384. The van der Waals surface area contributed by atoms with Crippen molar-refractivity contribution in [1.82, 2.24) is 0 Å². The van der Waals surface area contributed by atoms with E-state index in [2.05, 4.69) is 11.0 Å². The monoisotopic (exact) mass is 284 g/mol. The normalized spacial score (nSPS) is 13.4. The Kier molecular flexibility index (Phi) is 3.73. The molecule has 1 aliphatic rings. The van der Waals surface area contributed by atoms with Gasteiger partial charge in [-0.05, 0) is 24.1 Å². The van der Waals surface area contributed by atoms with E-state index in [1.165, 1.54) is 0 Å². The Morgan fingerprint density at radius 3 is 2.67 bits per heavy atom. The van der Waals surface area contributed by atoms with Crippen LogP contribution in [-0.4, -0.2) is 24.6 Å². The summed E-state index contributed by atoms with van der Waals surface area (Å²) >= 11 is 0. The summed E-state index contributed by atoms with van der Waals surface area (Å²) in [6, 6.07) is 14.8. The standard InChI is InChI=1S/C16H16N2O3/c19-18(20)14-7-5-13(6-8-14)9-10-17-11-12-21-16-4-2-1-3-15(16)17/h1-8H,9-12H2. The lowest BCUT2D eigenvalue weighted by Crippen LogP contribution is -2.34. The molecule has 1 heterocycles. The minimum Gasteiger partial charge on any atom is -0.490 e. The fourth-order valence-electron chi connectivity index (χ4n) is 2.51. The van der Waals surface area contributed by atoms with Gasteiger partial charge in [-0.1, -0.05) is 24.3 Å². The number of nitro benzene ring substituents is 1. The van der Waals surface area contributed by atoms with Gasteiger partial charge in [-0.25, -0.2) is 0 Å².